The summed E-state index contributed by atoms with van der Waals surface area (Å²) in [7, 11) is 0. The number of hydrogen-bond donors (Lipinski definition) is 3. The molecule has 0 aromatic heterocycles. The molecule has 0 spiro atoms. The third-order valence-corrected chi connectivity index (χ3v) is 2.25. The van der Waals surface area contributed by atoms with Gasteiger partial charge in [-0.15, -0.1) is 0 Å². The highest BCUT2D eigenvalue weighted by Crippen LogP contribution is 2.02. The van der Waals surface area contributed by atoms with Gasteiger partial charge in [0.2, 0.25) is 5.91 Å². The first kappa shape index (κ1) is 13.4. The molecule has 4 heteroatoms. The first-order valence-electron chi connectivity index (χ1n) is 5.13. The molecule has 0 aliphatic heterocycles. The lowest BCUT2D eigenvalue weighted by molar-refractivity contribution is -0.122. The Morgan fingerprint density at radius 3 is 2.43 bits per heavy atom. The van der Waals surface area contributed by atoms with Crippen molar-refractivity contribution in [1.82, 2.24) is 5.32 Å². The van der Waals surface area contributed by atoms with Crippen LogP contribution in [-0.4, -0.2) is 29.7 Å². The van der Waals surface area contributed by atoms with Gasteiger partial charge in [-0.25, -0.2) is 0 Å². The van der Waals surface area contributed by atoms with Crippen molar-refractivity contribution in [2.45, 2.75) is 45.7 Å². The summed E-state index contributed by atoms with van der Waals surface area (Å²) in [5, 5.41) is 11.4. The van der Waals surface area contributed by atoms with E-state index in [9.17, 15) is 4.79 Å². The summed E-state index contributed by atoms with van der Waals surface area (Å²) in [4.78, 5) is 11.4. The fourth-order valence-electron chi connectivity index (χ4n) is 1.05. The molecule has 0 heterocycles. The van der Waals surface area contributed by atoms with Gasteiger partial charge >= 0.3 is 0 Å². The van der Waals surface area contributed by atoms with E-state index in [0.717, 1.165) is 0 Å². The summed E-state index contributed by atoms with van der Waals surface area (Å²) in [6.45, 7) is 5.96. The minimum atomic E-state index is -0.0867. The number of amides is 1. The Bertz CT molecular complexity index is 172. The lowest BCUT2D eigenvalue weighted by Gasteiger charge is -2.17. The molecule has 0 bridgehead atoms. The van der Waals surface area contributed by atoms with Crippen LogP contribution in [0.3, 0.4) is 0 Å². The molecule has 0 saturated carbocycles. The molecule has 0 saturated heterocycles. The average molecular weight is 202 g/mol. The molecule has 0 radical (unpaired) electrons. The summed E-state index contributed by atoms with van der Waals surface area (Å²) < 4.78 is 0. The van der Waals surface area contributed by atoms with Gasteiger partial charge in [0.15, 0.2) is 0 Å². The van der Waals surface area contributed by atoms with Crippen LogP contribution in [0.1, 0.15) is 33.6 Å². The van der Waals surface area contributed by atoms with Gasteiger partial charge in [0.25, 0.3) is 0 Å². The number of aliphatic hydroxyl groups excluding tert-OH is 1. The fourth-order valence-corrected chi connectivity index (χ4v) is 1.05. The van der Waals surface area contributed by atoms with Gasteiger partial charge in [-0.1, -0.05) is 13.8 Å². The quantitative estimate of drug-likeness (QED) is 0.578. The second-order valence-corrected chi connectivity index (χ2v) is 4.09. The largest absolute Gasteiger partial charge is 0.396 e. The lowest BCUT2D eigenvalue weighted by atomic mass is 10.0. The first-order valence-corrected chi connectivity index (χ1v) is 5.13. The van der Waals surface area contributed by atoms with E-state index in [-0.39, 0.29) is 24.6 Å². The molecule has 0 aliphatic carbocycles. The van der Waals surface area contributed by atoms with E-state index in [4.69, 9.17) is 10.8 Å². The third kappa shape index (κ3) is 5.94. The molecule has 14 heavy (non-hydrogen) atoms. The highest BCUT2D eigenvalue weighted by molar-refractivity contribution is 5.76. The maximum Gasteiger partial charge on any atom is 0.221 e. The molecular formula is C10H22N2O2. The predicted molar refractivity (Wildman–Crippen MR) is 56.7 cm³/mol. The number of hydrogen-bond acceptors (Lipinski definition) is 3. The van der Waals surface area contributed by atoms with Crippen molar-refractivity contribution >= 4 is 5.91 Å². The van der Waals surface area contributed by atoms with Crippen molar-refractivity contribution in [2.75, 3.05) is 6.61 Å². The van der Waals surface area contributed by atoms with Gasteiger partial charge in [0.1, 0.15) is 0 Å². The fraction of sp³-hybridized carbons (Fsp3) is 0.900. The minimum absolute atomic E-state index is 0.0202. The Hall–Kier alpha value is -0.610. The van der Waals surface area contributed by atoms with Crippen LogP contribution in [0.2, 0.25) is 0 Å². The molecule has 0 aromatic rings. The number of rotatable bonds is 6. The van der Waals surface area contributed by atoms with Crippen molar-refractivity contribution in [2.24, 2.45) is 11.7 Å². The summed E-state index contributed by atoms with van der Waals surface area (Å²) in [5.74, 6) is 0.279. The Kier molecular flexibility index (Phi) is 6.49. The second-order valence-electron chi connectivity index (χ2n) is 4.09. The molecule has 4 N–H and O–H groups in total. The minimum Gasteiger partial charge on any atom is -0.396 e. The SMILES string of the molecule is CC(CCO)NC(=O)CC(N)C(C)C. The van der Waals surface area contributed by atoms with Crippen LogP contribution in [0.15, 0.2) is 0 Å². The van der Waals surface area contributed by atoms with E-state index in [0.29, 0.717) is 18.8 Å². The number of nitrogens with one attached hydrogen (secondary N) is 1. The number of carbonyl (C=O) groups excluding carboxylic acids is 1. The molecule has 0 rings (SSSR count). The molecular weight excluding hydrogens is 180 g/mol. The summed E-state index contributed by atoms with van der Waals surface area (Å²) in [6.07, 6.45) is 0.941. The summed E-state index contributed by atoms with van der Waals surface area (Å²) >= 11 is 0. The summed E-state index contributed by atoms with van der Waals surface area (Å²) in [6, 6.07) is -0.0665. The van der Waals surface area contributed by atoms with Gasteiger partial charge in [0.05, 0.1) is 0 Å². The Morgan fingerprint density at radius 1 is 1.43 bits per heavy atom. The lowest BCUT2D eigenvalue weighted by Crippen LogP contribution is -2.38. The van der Waals surface area contributed by atoms with Crippen LogP contribution < -0.4 is 11.1 Å². The normalized spacial score (nSPS) is 15.3. The maximum atomic E-state index is 11.4. The zero-order chi connectivity index (χ0) is 11.1. The van der Waals surface area contributed by atoms with E-state index in [2.05, 4.69) is 5.32 Å². The van der Waals surface area contributed by atoms with Crippen molar-refractivity contribution in [3.8, 4) is 0 Å². The van der Waals surface area contributed by atoms with Crippen molar-refractivity contribution < 1.29 is 9.90 Å². The van der Waals surface area contributed by atoms with Gasteiger partial charge in [0, 0.05) is 25.1 Å². The molecule has 0 aromatic carbocycles. The Balaban J connectivity index is 3.75. The Morgan fingerprint density at radius 2 is 2.00 bits per heavy atom. The second kappa shape index (κ2) is 6.79. The van der Waals surface area contributed by atoms with E-state index < -0.39 is 0 Å². The molecule has 84 valence electrons. The Labute approximate surface area is 85.9 Å². The number of nitrogens with two attached hydrogens (primary N) is 1. The van der Waals surface area contributed by atoms with Gasteiger partial charge < -0.3 is 16.2 Å². The molecule has 1 amide bonds. The zero-order valence-electron chi connectivity index (χ0n) is 9.29. The molecule has 4 nitrogen and oxygen atoms in total. The van der Waals surface area contributed by atoms with Crippen LogP contribution in [0.25, 0.3) is 0 Å². The van der Waals surface area contributed by atoms with Crippen LogP contribution in [-0.2, 0) is 4.79 Å². The topological polar surface area (TPSA) is 75.3 Å². The van der Waals surface area contributed by atoms with Crippen molar-refractivity contribution in [1.29, 1.82) is 0 Å². The molecule has 2 atom stereocenters. The van der Waals surface area contributed by atoms with E-state index >= 15 is 0 Å². The molecule has 0 fully saturated rings. The van der Waals surface area contributed by atoms with E-state index in [1.807, 2.05) is 20.8 Å². The van der Waals surface area contributed by atoms with Gasteiger partial charge in [-0.3, -0.25) is 4.79 Å². The van der Waals surface area contributed by atoms with Crippen molar-refractivity contribution in [3.63, 3.8) is 0 Å². The van der Waals surface area contributed by atoms with E-state index in [1.54, 1.807) is 0 Å². The average Bonchev–Trinajstić information content (AvgIpc) is 2.03. The molecule has 2 unspecified atom stereocenters. The number of carbonyl (C=O) groups is 1. The molecule has 0 aliphatic rings. The van der Waals surface area contributed by atoms with Crippen LogP contribution in [0.4, 0.5) is 0 Å². The van der Waals surface area contributed by atoms with Crippen LogP contribution >= 0.6 is 0 Å². The highest BCUT2D eigenvalue weighted by Gasteiger charge is 2.14. The standard InChI is InChI=1S/C10H22N2O2/c1-7(2)9(11)6-10(14)12-8(3)4-5-13/h7-9,13H,4-6,11H2,1-3H3,(H,12,14). The van der Waals surface area contributed by atoms with Gasteiger partial charge in [-0.05, 0) is 19.3 Å². The highest BCUT2D eigenvalue weighted by atomic mass is 16.3. The monoisotopic (exact) mass is 202 g/mol. The van der Waals surface area contributed by atoms with E-state index in [1.165, 1.54) is 0 Å². The predicted octanol–water partition coefficient (Wildman–Crippen LogP) is 0.247. The summed E-state index contributed by atoms with van der Waals surface area (Å²) in [5.41, 5.74) is 5.76. The van der Waals surface area contributed by atoms with Crippen LogP contribution in [0.5, 0.6) is 0 Å². The smallest absolute Gasteiger partial charge is 0.221 e. The number of aliphatic hydroxyl groups is 1. The van der Waals surface area contributed by atoms with Crippen LogP contribution in [0, 0.1) is 5.92 Å². The van der Waals surface area contributed by atoms with Crippen molar-refractivity contribution in [3.05, 3.63) is 0 Å². The third-order valence-electron chi connectivity index (χ3n) is 2.25. The first-order chi connectivity index (χ1) is 6.47. The maximum absolute atomic E-state index is 11.4. The van der Waals surface area contributed by atoms with Gasteiger partial charge in [-0.2, -0.15) is 0 Å². The zero-order valence-corrected chi connectivity index (χ0v) is 9.29.